The number of carbonyl (C=O) groups is 3. The maximum Gasteiger partial charge on any atom is 0.408 e. The molecule has 0 fully saturated rings. The molecular weight excluding hydrogens is 408 g/mol. The average molecular weight is 449 g/mol. The second-order valence-electron chi connectivity index (χ2n) is 9.96. The highest BCUT2D eigenvalue weighted by Gasteiger charge is 2.42. The van der Waals surface area contributed by atoms with Crippen LogP contribution in [-0.2, 0) is 23.5 Å². The van der Waals surface area contributed by atoms with Crippen LogP contribution < -0.4 is 10.6 Å². The molecule has 0 aliphatic rings. The van der Waals surface area contributed by atoms with Gasteiger partial charge in [-0.15, -0.1) is 0 Å². The Morgan fingerprint density at radius 3 is 1.80 bits per heavy atom. The Labute approximate surface area is 181 Å². The number of carbonyl (C=O) groups excluding carboxylic acids is 3. The van der Waals surface area contributed by atoms with E-state index in [-0.39, 0.29) is 5.04 Å². The van der Waals surface area contributed by atoms with Crippen molar-refractivity contribution in [2.24, 2.45) is 0 Å². The first-order valence-electron chi connectivity index (χ1n) is 10.1. The van der Waals surface area contributed by atoms with Crippen LogP contribution in [0.3, 0.4) is 0 Å². The van der Waals surface area contributed by atoms with Gasteiger partial charge in [0, 0.05) is 0 Å². The highest BCUT2D eigenvalue weighted by Crippen LogP contribution is 2.37. The molecule has 0 rings (SSSR count). The van der Waals surface area contributed by atoms with Gasteiger partial charge in [0.1, 0.15) is 11.6 Å². The van der Waals surface area contributed by atoms with Gasteiger partial charge in [-0.3, -0.25) is 4.79 Å². The maximum absolute atomic E-state index is 13.0. The predicted octanol–water partition coefficient (Wildman–Crippen LogP) is 2.33. The number of hydrogen-bond donors (Lipinski definition) is 3. The lowest BCUT2D eigenvalue weighted by Crippen LogP contribution is -2.60. The number of rotatable bonds is 8. The molecule has 9 nitrogen and oxygen atoms in total. The Morgan fingerprint density at radius 2 is 1.43 bits per heavy atom. The number of esters is 1. The summed E-state index contributed by atoms with van der Waals surface area (Å²) in [5.74, 6) is -1.49. The highest BCUT2D eigenvalue weighted by atomic mass is 28.4. The topological polar surface area (TPSA) is 123 Å². The van der Waals surface area contributed by atoms with Gasteiger partial charge in [0.2, 0.25) is 5.91 Å². The van der Waals surface area contributed by atoms with Crippen molar-refractivity contribution < 1.29 is 33.4 Å². The molecule has 4 atom stereocenters. The van der Waals surface area contributed by atoms with Gasteiger partial charge in [0.15, 0.2) is 14.4 Å². The fourth-order valence-corrected chi connectivity index (χ4v) is 3.71. The molecule has 10 heteroatoms. The second-order valence-corrected chi connectivity index (χ2v) is 14.7. The Hall–Kier alpha value is -1.65. The lowest BCUT2D eigenvalue weighted by Gasteiger charge is -2.40. The largest absolute Gasteiger partial charge is 0.467 e. The minimum Gasteiger partial charge on any atom is -0.467 e. The lowest BCUT2D eigenvalue weighted by atomic mass is 10.1. The van der Waals surface area contributed by atoms with E-state index in [0.717, 1.165) is 7.11 Å². The summed E-state index contributed by atoms with van der Waals surface area (Å²) in [6.45, 7) is 18.4. The van der Waals surface area contributed by atoms with Gasteiger partial charge in [-0.2, -0.15) is 0 Å². The summed E-state index contributed by atoms with van der Waals surface area (Å²) in [7, 11) is -1.12. The van der Waals surface area contributed by atoms with E-state index >= 15 is 0 Å². The van der Waals surface area contributed by atoms with Crippen LogP contribution in [0, 0.1) is 0 Å². The van der Waals surface area contributed by atoms with E-state index < -0.39 is 56.2 Å². The lowest BCUT2D eigenvalue weighted by molar-refractivity contribution is -0.148. The van der Waals surface area contributed by atoms with Crippen LogP contribution in [0.2, 0.25) is 18.1 Å². The van der Waals surface area contributed by atoms with Gasteiger partial charge in [-0.05, 0) is 52.8 Å². The number of nitrogens with one attached hydrogen (secondary N) is 2. The Kier molecular flexibility index (Phi) is 10.0. The monoisotopic (exact) mass is 448 g/mol. The molecule has 0 spiro atoms. The van der Waals surface area contributed by atoms with Crippen LogP contribution in [0.25, 0.3) is 0 Å². The van der Waals surface area contributed by atoms with E-state index in [1.807, 2.05) is 13.1 Å². The first kappa shape index (κ1) is 28.3. The molecule has 0 aromatic heterocycles. The summed E-state index contributed by atoms with van der Waals surface area (Å²) in [6.07, 6.45) is -2.70. The van der Waals surface area contributed by atoms with Gasteiger partial charge in [-0.25, -0.2) is 9.59 Å². The molecule has 2 amide bonds. The zero-order chi connectivity index (χ0) is 24.1. The van der Waals surface area contributed by atoms with Crippen LogP contribution in [0.15, 0.2) is 0 Å². The van der Waals surface area contributed by atoms with Crippen LogP contribution in [0.1, 0.15) is 55.4 Å². The van der Waals surface area contributed by atoms with Crippen molar-refractivity contribution in [3.05, 3.63) is 0 Å². The van der Waals surface area contributed by atoms with E-state index in [2.05, 4.69) is 36.1 Å². The third kappa shape index (κ3) is 9.01. The standard InChI is InChI=1S/C20H40N2O7Si/c1-12(23)14(17(25)27-9)21-16(24)15(22-18(26)28-19(3,4)5)13(2)29-30(10,11)20(6,7)8/h12-15,23H,1-11H3,(H,21,24)(H,22,26)/t12?,13-,14+,15+/m1/s1. The van der Waals surface area contributed by atoms with Gasteiger partial charge in [0.05, 0.1) is 19.3 Å². The molecule has 176 valence electrons. The van der Waals surface area contributed by atoms with Crippen molar-refractivity contribution in [1.29, 1.82) is 0 Å². The van der Waals surface area contributed by atoms with Crippen LogP contribution in [0.4, 0.5) is 4.79 Å². The maximum atomic E-state index is 13.0. The fourth-order valence-electron chi connectivity index (χ4n) is 2.29. The SMILES string of the molecule is COC(=O)[C@@H](NC(=O)[C@@H](NC(=O)OC(C)(C)C)[C@@H](C)O[Si](C)(C)C(C)(C)C)C(C)O. The highest BCUT2D eigenvalue weighted by molar-refractivity contribution is 6.74. The van der Waals surface area contributed by atoms with Crippen LogP contribution in [-0.4, -0.2) is 68.4 Å². The molecule has 0 saturated carbocycles. The second kappa shape index (κ2) is 10.6. The molecule has 30 heavy (non-hydrogen) atoms. The van der Waals surface area contributed by atoms with Crippen molar-refractivity contribution in [2.75, 3.05) is 7.11 Å². The molecule has 0 saturated heterocycles. The third-order valence-electron chi connectivity index (χ3n) is 4.95. The molecule has 0 heterocycles. The minimum atomic E-state index is -2.28. The molecule has 0 aromatic carbocycles. The molecular formula is C20H40N2O7Si. The van der Waals surface area contributed by atoms with Crippen molar-refractivity contribution in [1.82, 2.24) is 10.6 Å². The van der Waals surface area contributed by atoms with E-state index in [4.69, 9.17) is 9.16 Å². The fraction of sp³-hybridized carbons (Fsp3) is 0.850. The zero-order valence-electron chi connectivity index (χ0n) is 20.2. The van der Waals surface area contributed by atoms with E-state index in [0.29, 0.717) is 0 Å². The van der Waals surface area contributed by atoms with E-state index in [1.165, 1.54) is 6.92 Å². The van der Waals surface area contributed by atoms with E-state index in [9.17, 15) is 19.5 Å². The van der Waals surface area contributed by atoms with Crippen molar-refractivity contribution >= 4 is 26.3 Å². The van der Waals surface area contributed by atoms with Gasteiger partial charge in [0.25, 0.3) is 0 Å². The Bertz CT molecular complexity index is 609. The van der Waals surface area contributed by atoms with Crippen LogP contribution in [0.5, 0.6) is 0 Å². The molecule has 1 unspecified atom stereocenters. The summed E-state index contributed by atoms with van der Waals surface area (Å²) in [4.78, 5) is 37.3. The molecule has 0 aliphatic heterocycles. The molecule has 0 aromatic rings. The van der Waals surface area contributed by atoms with Gasteiger partial charge >= 0.3 is 12.1 Å². The molecule has 3 N–H and O–H groups in total. The van der Waals surface area contributed by atoms with Crippen molar-refractivity contribution in [3.8, 4) is 0 Å². The zero-order valence-corrected chi connectivity index (χ0v) is 21.2. The van der Waals surface area contributed by atoms with Gasteiger partial charge < -0.3 is 29.6 Å². The summed E-state index contributed by atoms with van der Waals surface area (Å²) >= 11 is 0. The number of hydrogen-bond acceptors (Lipinski definition) is 7. The molecule has 0 bridgehead atoms. The summed E-state index contributed by atoms with van der Waals surface area (Å²) < 4.78 is 16.2. The Balaban J connectivity index is 5.73. The normalized spacial score (nSPS) is 16.7. The quantitative estimate of drug-likeness (QED) is 0.385. The summed E-state index contributed by atoms with van der Waals surface area (Å²) in [5.41, 5.74) is -0.761. The number of aliphatic hydroxyl groups excluding tert-OH is 1. The Morgan fingerprint density at radius 1 is 0.933 bits per heavy atom. The number of aliphatic hydroxyl groups is 1. The average Bonchev–Trinajstić information content (AvgIpc) is 2.53. The van der Waals surface area contributed by atoms with Crippen molar-refractivity contribution in [2.45, 2.75) is 103 Å². The first-order valence-corrected chi connectivity index (χ1v) is 13.0. The smallest absolute Gasteiger partial charge is 0.408 e. The predicted molar refractivity (Wildman–Crippen MR) is 117 cm³/mol. The number of amides is 2. The molecule has 0 aliphatic carbocycles. The summed E-state index contributed by atoms with van der Waals surface area (Å²) in [5, 5.41) is 14.7. The minimum absolute atomic E-state index is 0.123. The van der Waals surface area contributed by atoms with Crippen LogP contribution >= 0.6 is 0 Å². The number of alkyl carbamates (subject to hydrolysis) is 1. The third-order valence-corrected chi connectivity index (χ3v) is 9.52. The first-order chi connectivity index (χ1) is 13.3. The number of methoxy groups -OCH3 is 1. The summed E-state index contributed by atoms with van der Waals surface area (Å²) in [6, 6.07) is -2.44. The number of ether oxygens (including phenoxy) is 2. The molecule has 0 radical (unpaired) electrons. The van der Waals surface area contributed by atoms with E-state index in [1.54, 1.807) is 27.7 Å². The van der Waals surface area contributed by atoms with Gasteiger partial charge in [-0.1, -0.05) is 20.8 Å². The van der Waals surface area contributed by atoms with Crippen molar-refractivity contribution in [3.63, 3.8) is 0 Å².